The van der Waals surface area contributed by atoms with Gasteiger partial charge >= 0.3 is 6.18 Å². The lowest BCUT2D eigenvalue weighted by molar-refractivity contribution is -0.137. The van der Waals surface area contributed by atoms with E-state index in [1.165, 1.54) is 12.1 Å². The Morgan fingerprint density at radius 3 is 2.25 bits per heavy atom. The molecule has 2 amide bonds. The van der Waals surface area contributed by atoms with Crippen molar-refractivity contribution >= 4 is 22.6 Å². The Balaban J connectivity index is 1.83. The van der Waals surface area contributed by atoms with Crippen LogP contribution in [0.15, 0.2) is 66.7 Å². The maximum absolute atomic E-state index is 13.1. The molecule has 3 rings (SSSR count). The van der Waals surface area contributed by atoms with Gasteiger partial charge in [0.2, 0.25) is 5.91 Å². The molecule has 7 heteroatoms. The number of hydrogen-bond donors (Lipinski definition) is 2. The summed E-state index contributed by atoms with van der Waals surface area (Å²) in [5.74, 6) is -1.83. The zero-order chi connectivity index (χ0) is 20.3. The van der Waals surface area contributed by atoms with E-state index >= 15 is 0 Å². The Kier molecular flexibility index (Phi) is 5.35. The lowest BCUT2D eigenvalue weighted by atomic mass is 10.0. The van der Waals surface area contributed by atoms with Crippen molar-refractivity contribution < 1.29 is 22.8 Å². The highest BCUT2D eigenvalue weighted by molar-refractivity contribution is 5.98. The molecule has 0 aliphatic heterocycles. The van der Waals surface area contributed by atoms with Gasteiger partial charge in [-0.3, -0.25) is 9.59 Å². The third kappa shape index (κ3) is 4.31. The smallest absolute Gasteiger partial charge is 0.368 e. The van der Waals surface area contributed by atoms with E-state index in [4.69, 9.17) is 5.73 Å². The minimum Gasteiger partial charge on any atom is -0.368 e. The van der Waals surface area contributed by atoms with Gasteiger partial charge in [-0.15, -0.1) is 0 Å². The molecule has 0 radical (unpaired) electrons. The second-order valence-electron chi connectivity index (χ2n) is 6.36. The third-order valence-electron chi connectivity index (χ3n) is 4.38. The number of carbonyl (C=O) groups excluding carboxylic acids is 2. The van der Waals surface area contributed by atoms with Gasteiger partial charge < -0.3 is 11.1 Å². The number of nitrogens with one attached hydrogen (secondary N) is 1. The number of benzene rings is 3. The molecule has 0 unspecified atom stereocenters. The quantitative estimate of drug-likeness (QED) is 0.702. The van der Waals surface area contributed by atoms with Crippen molar-refractivity contribution in [2.45, 2.75) is 18.6 Å². The van der Waals surface area contributed by atoms with E-state index in [1.807, 2.05) is 36.4 Å². The average molecular weight is 386 g/mol. The van der Waals surface area contributed by atoms with Gasteiger partial charge in [0.25, 0.3) is 5.91 Å². The second kappa shape index (κ2) is 7.72. The van der Waals surface area contributed by atoms with Crippen LogP contribution in [0.3, 0.4) is 0 Å². The molecule has 3 aromatic carbocycles. The first-order valence-electron chi connectivity index (χ1n) is 8.50. The normalized spacial score (nSPS) is 12.5. The van der Waals surface area contributed by atoms with Crippen LogP contribution in [0.5, 0.6) is 0 Å². The van der Waals surface area contributed by atoms with Crippen molar-refractivity contribution in [1.29, 1.82) is 0 Å². The minimum atomic E-state index is -4.69. The molecule has 0 saturated carbocycles. The van der Waals surface area contributed by atoms with Gasteiger partial charge in [0.1, 0.15) is 6.04 Å². The Hall–Kier alpha value is -3.35. The summed E-state index contributed by atoms with van der Waals surface area (Å²) in [6.07, 6.45) is -4.62. The van der Waals surface area contributed by atoms with Crippen LogP contribution in [0.25, 0.3) is 10.8 Å². The van der Waals surface area contributed by atoms with Crippen molar-refractivity contribution in [3.8, 4) is 0 Å². The number of hydrogen-bond acceptors (Lipinski definition) is 2. The second-order valence-corrected chi connectivity index (χ2v) is 6.36. The minimum absolute atomic E-state index is 0.0695. The molecule has 0 aromatic heterocycles. The first-order valence-corrected chi connectivity index (χ1v) is 8.50. The Morgan fingerprint density at radius 1 is 0.929 bits per heavy atom. The van der Waals surface area contributed by atoms with E-state index in [0.717, 1.165) is 28.5 Å². The molecule has 0 heterocycles. The van der Waals surface area contributed by atoms with Gasteiger partial charge in [0.05, 0.1) is 11.1 Å². The number of amides is 2. The summed E-state index contributed by atoms with van der Waals surface area (Å²) < 4.78 is 39.4. The molecule has 3 N–H and O–H groups in total. The molecule has 1 atom stereocenters. The van der Waals surface area contributed by atoms with Crippen LogP contribution in [0.1, 0.15) is 21.5 Å². The van der Waals surface area contributed by atoms with Gasteiger partial charge in [-0.25, -0.2) is 0 Å². The maximum atomic E-state index is 13.1. The molecular weight excluding hydrogens is 369 g/mol. The summed E-state index contributed by atoms with van der Waals surface area (Å²) in [7, 11) is 0. The molecule has 0 aliphatic carbocycles. The molecule has 3 aromatic rings. The Labute approximate surface area is 159 Å². The predicted molar refractivity (Wildman–Crippen MR) is 99.5 cm³/mol. The highest BCUT2D eigenvalue weighted by Gasteiger charge is 2.35. The van der Waals surface area contributed by atoms with Crippen molar-refractivity contribution in [3.05, 3.63) is 83.4 Å². The SMILES string of the molecule is NC(=O)[C@H](Cc1ccc2ccccc2c1)NC(=O)c1ccccc1C(F)(F)F. The zero-order valence-electron chi connectivity index (χ0n) is 14.7. The molecular formula is C21H17F3N2O2. The average Bonchev–Trinajstić information content (AvgIpc) is 2.66. The van der Waals surface area contributed by atoms with Crippen LogP contribution in [-0.4, -0.2) is 17.9 Å². The molecule has 0 aliphatic rings. The number of carbonyl (C=O) groups is 2. The van der Waals surface area contributed by atoms with Crippen LogP contribution in [0.2, 0.25) is 0 Å². The third-order valence-corrected chi connectivity index (χ3v) is 4.38. The van der Waals surface area contributed by atoms with E-state index in [2.05, 4.69) is 5.32 Å². The van der Waals surface area contributed by atoms with E-state index in [-0.39, 0.29) is 6.42 Å². The molecule has 28 heavy (non-hydrogen) atoms. The first-order chi connectivity index (χ1) is 13.3. The fourth-order valence-corrected chi connectivity index (χ4v) is 2.99. The summed E-state index contributed by atoms with van der Waals surface area (Å²) >= 11 is 0. The summed E-state index contributed by atoms with van der Waals surface area (Å²) in [5, 5.41) is 4.27. The number of halogens is 3. The lowest BCUT2D eigenvalue weighted by Crippen LogP contribution is -2.46. The van der Waals surface area contributed by atoms with E-state index in [0.29, 0.717) is 0 Å². The Bertz CT molecular complexity index is 1030. The van der Waals surface area contributed by atoms with Crippen molar-refractivity contribution in [2.75, 3.05) is 0 Å². The standard InChI is InChI=1S/C21H17F3N2O2/c22-21(23,24)17-8-4-3-7-16(17)20(28)26-18(19(25)27)12-13-9-10-14-5-1-2-6-15(14)11-13/h1-11,18H,12H2,(H2,25,27)(H,26,28)/t18-/m0/s1. The number of alkyl halides is 3. The lowest BCUT2D eigenvalue weighted by Gasteiger charge is -2.18. The van der Waals surface area contributed by atoms with E-state index in [1.54, 1.807) is 6.07 Å². The number of rotatable bonds is 5. The zero-order valence-corrected chi connectivity index (χ0v) is 14.7. The van der Waals surface area contributed by atoms with Gasteiger partial charge in [-0.05, 0) is 28.5 Å². The van der Waals surface area contributed by atoms with Crippen LogP contribution in [0.4, 0.5) is 13.2 Å². The summed E-state index contributed by atoms with van der Waals surface area (Å²) in [6.45, 7) is 0. The highest BCUT2D eigenvalue weighted by atomic mass is 19.4. The fourth-order valence-electron chi connectivity index (χ4n) is 2.99. The number of nitrogens with two attached hydrogens (primary N) is 1. The van der Waals surface area contributed by atoms with E-state index in [9.17, 15) is 22.8 Å². The largest absolute Gasteiger partial charge is 0.417 e. The van der Waals surface area contributed by atoms with Crippen molar-refractivity contribution in [1.82, 2.24) is 5.32 Å². The number of primary amides is 1. The van der Waals surface area contributed by atoms with Crippen molar-refractivity contribution in [3.63, 3.8) is 0 Å². The van der Waals surface area contributed by atoms with Gasteiger partial charge in [0, 0.05) is 6.42 Å². The summed E-state index contributed by atoms with van der Waals surface area (Å²) in [5.41, 5.74) is 4.48. The summed E-state index contributed by atoms with van der Waals surface area (Å²) in [4.78, 5) is 24.2. The van der Waals surface area contributed by atoms with Crippen LogP contribution < -0.4 is 11.1 Å². The van der Waals surface area contributed by atoms with Crippen LogP contribution in [0, 0.1) is 0 Å². The van der Waals surface area contributed by atoms with Crippen LogP contribution in [-0.2, 0) is 17.4 Å². The van der Waals surface area contributed by atoms with Gasteiger partial charge in [-0.2, -0.15) is 13.2 Å². The Morgan fingerprint density at radius 2 is 1.57 bits per heavy atom. The molecule has 144 valence electrons. The molecule has 4 nitrogen and oxygen atoms in total. The molecule has 0 spiro atoms. The number of fused-ring (bicyclic) bond motifs is 1. The molecule has 0 fully saturated rings. The predicted octanol–water partition coefficient (Wildman–Crippen LogP) is 3.69. The monoisotopic (exact) mass is 386 g/mol. The maximum Gasteiger partial charge on any atom is 0.417 e. The topological polar surface area (TPSA) is 72.2 Å². The van der Waals surface area contributed by atoms with Gasteiger partial charge in [-0.1, -0.05) is 54.6 Å². The highest BCUT2D eigenvalue weighted by Crippen LogP contribution is 2.31. The first kappa shape index (κ1) is 19.4. The summed E-state index contributed by atoms with van der Waals surface area (Å²) in [6, 6.07) is 16.3. The van der Waals surface area contributed by atoms with Gasteiger partial charge in [0.15, 0.2) is 0 Å². The molecule has 0 bridgehead atoms. The van der Waals surface area contributed by atoms with Crippen LogP contribution >= 0.6 is 0 Å². The molecule has 0 saturated heterocycles. The van der Waals surface area contributed by atoms with Crippen molar-refractivity contribution in [2.24, 2.45) is 5.73 Å². The fraction of sp³-hybridized carbons (Fsp3) is 0.143. The van der Waals surface area contributed by atoms with E-state index < -0.39 is 35.2 Å².